The number of nitrogens with zero attached hydrogens (tertiary/aromatic N) is 2. The summed E-state index contributed by atoms with van der Waals surface area (Å²) in [5.41, 5.74) is 21.4. The molecule has 0 unspecified atom stereocenters. The molecule has 12 heteroatoms. The molecule has 2 amide bonds. The van der Waals surface area contributed by atoms with Gasteiger partial charge in [-0.1, -0.05) is 19.3 Å². The zero-order valence-electron chi connectivity index (χ0n) is 24.0. The minimum Gasteiger partial charge on any atom is -0.356 e. The van der Waals surface area contributed by atoms with Gasteiger partial charge in [-0.2, -0.15) is 0 Å². The Bertz CT molecular complexity index is 690. The largest absolute Gasteiger partial charge is 0.356 e. The summed E-state index contributed by atoms with van der Waals surface area (Å²) in [5, 5.41) is 5.93. The van der Waals surface area contributed by atoms with Crippen molar-refractivity contribution in [2.45, 2.75) is 70.6 Å². The molecule has 39 heavy (non-hydrogen) atoms. The SMILES string of the molecule is NC(N)=[NH+]CCCNC(=O)CCN1CCC(CCCC2CCN(CCC(=O)NCCC[NH+]=C(N)N)CC2)CC1. The van der Waals surface area contributed by atoms with Crippen molar-refractivity contribution in [2.75, 3.05) is 65.4 Å². The van der Waals surface area contributed by atoms with Gasteiger partial charge >= 0.3 is 11.9 Å². The molecule has 12 N–H and O–H groups in total. The Labute approximate surface area is 234 Å². The Morgan fingerprint density at radius 2 is 1.03 bits per heavy atom. The lowest BCUT2D eigenvalue weighted by atomic mass is 9.87. The van der Waals surface area contributed by atoms with Crippen molar-refractivity contribution in [3.05, 3.63) is 0 Å². The molecule has 0 atom stereocenters. The third kappa shape index (κ3) is 16.2. The Morgan fingerprint density at radius 1 is 0.641 bits per heavy atom. The van der Waals surface area contributed by atoms with E-state index in [1.54, 1.807) is 0 Å². The van der Waals surface area contributed by atoms with Gasteiger partial charge in [-0.05, 0) is 76.5 Å². The number of hydrogen-bond donors (Lipinski definition) is 8. The average molecular weight is 553 g/mol. The topological polar surface area (TPSA) is 197 Å². The number of piperidine rings is 2. The summed E-state index contributed by atoms with van der Waals surface area (Å²) >= 11 is 0. The summed E-state index contributed by atoms with van der Waals surface area (Å²) in [6.07, 6.45) is 11.7. The molecule has 0 aromatic heterocycles. The quantitative estimate of drug-likeness (QED) is 0.0479. The van der Waals surface area contributed by atoms with Crippen LogP contribution in [0.5, 0.6) is 0 Å². The maximum Gasteiger partial charge on any atom is 0.338 e. The van der Waals surface area contributed by atoms with Gasteiger partial charge in [0.2, 0.25) is 11.8 Å². The van der Waals surface area contributed by atoms with Crippen molar-refractivity contribution in [3.63, 3.8) is 0 Å². The summed E-state index contributed by atoms with van der Waals surface area (Å²) in [5.74, 6) is 2.33. The van der Waals surface area contributed by atoms with Gasteiger partial charge in [0.15, 0.2) is 0 Å². The molecule has 12 nitrogen and oxygen atoms in total. The van der Waals surface area contributed by atoms with Crippen molar-refractivity contribution in [1.29, 1.82) is 0 Å². The molecule has 0 saturated carbocycles. The second kappa shape index (κ2) is 19.5. The first-order chi connectivity index (χ1) is 18.8. The van der Waals surface area contributed by atoms with E-state index in [1.165, 1.54) is 44.9 Å². The molecule has 0 aliphatic carbocycles. The summed E-state index contributed by atoms with van der Waals surface area (Å²) in [6.45, 7) is 8.75. The monoisotopic (exact) mass is 552 g/mol. The van der Waals surface area contributed by atoms with Crippen LogP contribution in [0, 0.1) is 11.8 Å². The van der Waals surface area contributed by atoms with Gasteiger partial charge < -0.3 is 20.4 Å². The first kappa shape index (κ1) is 32.6. The van der Waals surface area contributed by atoms with Crippen LogP contribution in [0.15, 0.2) is 0 Å². The fraction of sp³-hybridized carbons (Fsp3) is 0.852. The fourth-order valence-corrected chi connectivity index (χ4v) is 5.49. The molecule has 0 aromatic carbocycles. The van der Waals surface area contributed by atoms with Crippen LogP contribution >= 0.6 is 0 Å². The van der Waals surface area contributed by atoms with Crippen molar-refractivity contribution in [2.24, 2.45) is 34.8 Å². The van der Waals surface area contributed by atoms with E-state index >= 15 is 0 Å². The highest BCUT2D eigenvalue weighted by Crippen LogP contribution is 2.27. The molecular weight excluding hydrogens is 496 g/mol. The highest BCUT2D eigenvalue weighted by molar-refractivity contribution is 5.76. The van der Waals surface area contributed by atoms with Crippen molar-refractivity contribution < 1.29 is 19.6 Å². The maximum absolute atomic E-state index is 12.1. The van der Waals surface area contributed by atoms with Crippen LogP contribution in [-0.4, -0.2) is 99.0 Å². The number of carbonyl (C=O) groups excluding carboxylic acids is 2. The van der Waals surface area contributed by atoms with Crippen LogP contribution < -0.4 is 43.6 Å². The Kier molecular flexibility index (Phi) is 16.3. The van der Waals surface area contributed by atoms with Crippen molar-refractivity contribution >= 4 is 23.7 Å². The normalized spacial score (nSPS) is 17.4. The summed E-state index contributed by atoms with van der Waals surface area (Å²) in [6, 6.07) is 0. The molecule has 0 spiro atoms. The number of nitrogens with one attached hydrogen (secondary N) is 4. The van der Waals surface area contributed by atoms with Crippen LogP contribution in [0.2, 0.25) is 0 Å². The molecule has 2 rings (SSSR count). The first-order valence-electron chi connectivity index (χ1n) is 15.0. The van der Waals surface area contributed by atoms with E-state index in [4.69, 9.17) is 22.9 Å². The van der Waals surface area contributed by atoms with E-state index < -0.39 is 0 Å². The lowest BCUT2D eigenvalue weighted by Crippen LogP contribution is -2.78. The van der Waals surface area contributed by atoms with E-state index in [-0.39, 0.29) is 23.7 Å². The van der Waals surface area contributed by atoms with E-state index in [0.717, 1.165) is 63.9 Å². The van der Waals surface area contributed by atoms with Gasteiger partial charge in [-0.3, -0.25) is 42.5 Å². The zero-order valence-corrected chi connectivity index (χ0v) is 24.0. The fourth-order valence-electron chi connectivity index (χ4n) is 5.49. The number of hydrogen-bond acceptors (Lipinski definition) is 4. The van der Waals surface area contributed by atoms with E-state index in [9.17, 15) is 9.59 Å². The summed E-state index contributed by atoms with van der Waals surface area (Å²) in [4.78, 5) is 34.7. The van der Waals surface area contributed by atoms with Gasteiger partial charge in [0.1, 0.15) is 0 Å². The molecule has 2 aliphatic rings. The number of rotatable bonds is 18. The van der Waals surface area contributed by atoms with E-state index in [2.05, 4.69) is 30.4 Å². The van der Waals surface area contributed by atoms with E-state index in [1.807, 2.05) is 0 Å². The smallest absolute Gasteiger partial charge is 0.338 e. The highest BCUT2D eigenvalue weighted by Gasteiger charge is 2.22. The molecule has 2 heterocycles. The third-order valence-corrected chi connectivity index (χ3v) is 7.96. The first-order valence-corrected chi connectivity index (χ1v) is 15.0. The number of amides is 2. The highest BCUT2D eigenvalue weighted by atomic mass is 16.2. The Morgan fingerprint density at radius 3 is 1.38 bits per heavy atom. The van der Waals surface area contributed by atoms with Crippen LogP contribution in [0.3, 0.4) is 0 Å². The molecule has 2 aliphatic heterocycles. The molecule has 224 valence electrons. The number of guanidine groups is 2. The van der Waals surface area contributed by atoms with E-state index in [0.29, 0.717) is 39.0 Å². The molecule has 0 aromatic rings. The second-order valence-corrected chi connectivity index (χ2v) is 11.2. The molecular formula is C27H56N10O2+2. The van der Waals surface area contributed by atoms with Crippen LogP contribution in [0.25, 0.3) is 0 Å². The number of carbonyl (C=O) groups is 2. The molecule has 0 radical (unpaired) electrons. The average Bonchev–Trinajstić information content (AvgIpc) is 2.91. The van der Waals surface area contributed by atoms with Crippen molar-refractivity contribution in [1.82, 2.24) is 20.4 Å². The van der Waals surface area contributed by atoms with Crippen LogP contribution in [-0.2, 0) is 9.59 Å². The zero-order chi connectivity index (χ0) is 28.3. The van der Waals surface area contributed by atoms with Gasteiger partial charge in [0, 0.05) is 39.0 Å². The lowest BCUT2D eigenvalue weighted by Gasteiger charge is -2.33. The van der Waals surface area contributed by atoms with Gasteiger partial charge in [-0.25, -0.2) is 0 Å². The third-order valence-electron chi connectivity index (χ3n) is 7.96. The number of likely N-dealkylation sites (tertiary alicyclic amines) is 2. The lowest BCUT2D eigenvalue weighted by molar-refractivity contribution is -0.459. The van der Waals surface area contributed by atoms with Crippen LogP contribution in [0.4, 0.5) is 0 Å². The van der Waals surface area contributed by atoms with Crippen LogP contribution in [0.1, 0.15) is 70.6 Å². The van der Waals surface area contributed by atoms with Gasteiger partial charge in [-0.15, -0.1) is 0 Å². The van der Waals surface area contributed by atoms with Gasteiger partial charge in [0.05, 0.1) is 13.1 Å². The molecule has 2 fully saturated rings. The summed E-state index contributed by atoms with van der Waals surface area (Å²) in [7, 11) is 0. The maximum atomic E-state index is 12.1. The predicted octanol–water partition coefficient (Wildman–Crippen LogP) is -3.92. The van der Waals surface area contributed by atoms with Gasteiger partial charge in [0.25, 0.3) is 0 Å². The molecule has 0 bridgehead atoms. The van der Waals surface area contributed by atoms with Crippen molar-refractivity contribution in [3.8, 4) is 0 Å². The standard InChI is InChI=1S/C27H54N10O2/c28-26(29)34-14-2-12-32-24(38)10-20-36-16-6-22(7-17-36)4-1-5-23-8-18-37(19-9-23)21-11-25(39)33-13-3-15-35-27(30)31/h22-23H,1-21H2,(H,32,38)(H,33,39)(H4,28,29,34)(H4,30,31,35)/p+2. The molecule has 2 saturated heterocycles. The Hall–Kier alpha value is -2.60. The minimum atomic E-state index is 0.119. The second-order valence-electron chi connectivity index (χ2n) is 11.2. The predicted molar refractivity (Wildman–Crippen MR) is 155 cm³/mol. The number of nitrogens with two attached hydrogens (primary N) is 4. The minimum absolute atomic E-state index is 0.119. The Balaban J connectivity index is 1.43. The summed E-state index contributed by atoms with van der Waals surface area (Å²) < 4.78 is 0.